The van der Waals surface area contributed by atoms with Crippen LogP contribution < -0.4 is 5.73 Å². The third-order valence-corrected chi connectivity index (χ3v) is 4.65. The summed E-state index contributed by atoms with van der Waals surface area (Å²) in [6.45, 7) is 1.48. The van der Waals surface area contributed by atoms with Gasteiger partial charge in [0.1, 0.15) is 0 Å². The molecule has 0 saturated carbocycles. The molecule has 102 valence electrons. The van der Waals surface area contributed by atoms with Crippen LogP contribution in [0.4, 0.5) is 0 Å². The first-order chi connectivity index (χ1) is 9.13. The molecule has 19 heavy (non-hydrogen) atoms. The van der Waals surface area contributed by atoms with E-state index in [-0.39, 0.29) is 11.8 Å². The number of rotatable bonds is 3. The largest absolute Gasteiger partial charge is 0.393 e. The molecule has 1 amide bonds. The van der Waals surface area contributed by atoms with Crippen LogP contribution in [-0.4, -0.2) is 35.1 Å². The number of nitrogens with two attached hydrogens (primary N) is 1. The van der Waals surface area contributed by atoms with Gasteiger partial charge in [0, 0.05) is 23.9 Å². The van der Waals surface area contributed by atoms with Crippen LogP contribution in [0.1, 0.15) is 23.2 Å². The summed E-state index contributed by atoms with van der Waals surface area (Å²) >= 11 is 6.63. The maximum atomic E-state index is 12.5. The Morgan fingerprint density at radius 1 is 1.37 bits per heavy atom. The van der Waals surface area contributed by atoms with E-state index in [1.54, 1.807) is 11.8 Å². The monoisotopic (exact) mass is 294 g/mol. The highest BCUT2D eigenvalue weighted by atomic mass is 32.2. The van der Waals surface area contributed by atoms with E-state index >= 15 is 0 Å². The number of nitrogens with zero attached hydrogens (tertiary/aromatic N) is 1. The summed E-state index contributed by atoms with van der Waals surface area (Å²) in [7, 11) is 0. The maximum absolute atomic E-state index is 12.5. The van der Waals surface area contributed by atoms with Crippen LogP contribution in [0.2, 0.25) is 0 Å². The van der Waals surface area contributed by atoms with E-state index in [4.69, 9.17) is 18.0 Å². The first kappa shape index (κ1) is 14.3. The molecule has 1 saturated heterocycles. The van der Waals surface area contributed by atoms with Crippen LogP contribution in [-0.2, 0) is 0 Å². The summed E-state index contributed by atoms with van der Waals surface area (Å²) in [4.78, 5) is 16.0. The number of carbonyl (C=O) groups excluding carboxylic acids is 1. The van der Waals surface area contributed by atoms with E-state index < -0.39 is 0 Å². The Morgan fingerprint density at radius 2 is 2.00 bits per heavy atom. The third-order valence-electron chi connectivity index (χ3n) is 3.52. The fraction of sp³-hybridized carbons (Fsp3) is 0.429. The van der Waals surface area contributed by atoms with Crippen molar-refractivity contribution in [3.05, 3.63) is 29.8 Å². The molecular formula is C14H18N2OS2. The Bertz CT molecular complexity index is 482. The van der Waals surface area contributed by atoms with Gasteiger partial charge < -0.3 is 10.6 Å². The molecule has 2 N–H and O–H groups in total. The predicted octanol–water partition coefficient (Wildman–Crippen LogP) is 2.55. The van der Waals surface area contributed by atoms with Gasteiger partial charge in [0.2, 0.25) is 0 Å². The third kappa shape index (κ3) is 3.28. The molecule has 1 aliphatic heterocycles. The van der Waals surface area contributed by atoms with Crippen LogP contribution in [0.3, 0.4) is 0 Å². The van der Waals surface area contributed by atoms with Crippen molar-refractivity contribution in [3.8, 4) is 0 Å². The SMILES string of the molecule is CSc1ccccc1C(=O)N1CCC(C(N)=S)CC1. The lowest BCUT2D eigenvalue weighted by molar-refractivity contribution is 0.0707. The van der Waals surface area contributed by atoms with Gasteiger partial charge in [-0.1, -0.05) is 24.4 Å². The molecular weight excluding hydrogens is 276 g/mol. The molecule has 5 heteroatoms. The van der Waals surface area contributed by atoms with E-state index in [9.17, 15) is 4.79 Å². The van der Waals surface area contributed by atoms with Crippen molar-refractivity contribution in [2.75, 3.05) is 19.3 Å². The summed E-state index contributed by atoms with van der Waals surface area (Å²) in [5, 5.41) is 0. The number of hydrogen-bond donors (Lipinski definition) is 1. The number of benzene rings is 1. The first-order valence-corrected chi connectivity index (χ1v) is 7.98. The average molecular weight is 294 g/mol. The number of hydrogen-bond acceptors (Lipinski definition) is 3. The van der Waals surface area contributed by atoms with Crippen molar-refractivity contribution in [2.24, 2.45) is 11.7 Å². The van der Waals surface area contributed by atoms with Crippen LogP contribution >= 0.6 is 24.0 Å². The fourth-order valence-electron chi connectivity index (χ4n) is 2.36. The van der Waals surface area contributed by atoms with Gasteiger partial charge in [0.25, 0.3) is 5.91 Å². The van der Waals surface area contributed by atoms with E-state index in [0.29, 0.717) is 4.99 Å². The van der Waals surface area contributed by atoms with Crippen molar-refractivity contribution in [2.45, 2.75) is 17.7 Å². The second-order valence-corrected chi connectivity index (χ2v) is 5.99. The predicted molar refractivity (Wildman–Crippen MR) is 83.6 cm³/mol. The van der Waals surface area contributed by atoms with E-state index in [1.165, 1.54) is 0 Å². The summed E-state index contributed by atoms with van der Waals surface area (Å²) in [6, 6.07) is 7.75. The second kappa shape index (κ2) is 6.39. The average Bonchev–Trinajstić information content (AvgIpc) is 2.46. The molecule has 0 radical (unpaired) electrons. The normalized spacial score (nSPS) is 16.4. The van der Waals surface area contributed by atoms with Crippen LogP contribution in [0, 0.1) is 5.92 Å². The van der Waals surface area contributed by atoms with Gasteiger partial charge in [-0.3, -0.25) is 4.79 Å². The van der Waals surface area contributed by atoms with E-state index in [0.717, 1.165) is 36.4 Å². The number of piperidine rings is 1. The second-order valence-electron chi connectivity index (χ2n) is 4.67. The molecule has 1 aliphatic rings. The number of likely N-dealkylation sites (tertiary alicyclic amines) is 1. The topological polar surface area (TPSA) is 46.3 Å². The van der Waals surface area contributed by atoms with Gasteiger partial charge in [-0.15, -0.1) is 11.8 Å². The van der Waals surface area contributed by atoms with Gasteiger partial charge in [-0.2, -0.15) is 0 Å². The zero-order valence-corrected chi connectivity index (χ0v) is 12.6. The molecule has 1 aromatic rings. The highest BCUT2D eigenvalue weighted by Crippen LogP contribution is 2.24. The molecule has 0 bridgehead atoms. The number of amides is 1. The molecule has 0 aromatic heterocycles. The zero-order chi connectivity index (χ0) is 13.8. The van der Waals surface area contributed by atoms with Gasteiger partial charge >= 0.3 is 0 Å². The van der Waals surface area contributed by atoms with Crippen molar-refractivity contribution >= 4 is 34.9 Å². The molecule has 0 aliphatic carbocycles. The summed E-state index contributed by atoms with van der Waals surface area (Å²) in [6.07, 6.45) is 3.75. The zero-order valence-electron chi connectivity index (χ0n) is 11.0. The van der Waals surface area contributed by atoms with Gasteiger partial charge in [0.05, 0.1) is 10.6 Å². The number of thiocarbonyl (C=S) groups is 1. The highest BCUT2D eigenvalue weighted by molar-refractivity contribution is 7.98. The molecule has 1 aromatic carbocycles. The fourth-order valence-corrected chi connectivity index (χ4v) is 3.18. The van der Waals surface area contributed by atoms with Gasteiger partial charge in [0.15, 0.2) is 0 Å². The van der Waals surface area contributed by atoms with E-state index in [1.807, 2.05) is 35.4 Å². The molecule has 0 spiro atoms. The highest BCUT2D eigenvalue weighted by Gasteiger charge is 2.25. The first-order valence-electron chi connectivity index (χ1n) is 6.35. The summed E-state index contributed by atoms with van der Waals surface area (Å²) in [5.74, 6) is 0.404. The minimum Gasteiger partial charge on any atom is -0.393 e. The smallest absolute Gasteiger partial charge is 0.254 e. The number of thioether (sulfide) groups is 1. The Labute approximate surface area is 123 Å². The Hall–Kier alpha value is -1.07. The maximum Gasteiger partial charge on any atom is 0.254 e. The Balaban J connectivity index is 2.07. The van der Waals surface area contributed by atoms with Crippen LogP contribution in [0.5, 0.6) is 0 Å². The van der Waals surface area contributed by atoms with Crippen LogP contribution in [0.15, 0.2) is 29.2 Å². The molecule has 1 fully saturated rings. The quantitative estimate of drug-likeness (QED) is 0.687. The lowest BCUT2D eigenvalue weighted by atomic mass is 9.96. The van der Waals surface area contributed by atoms with E-state index in [2.05, 4.69) is 0 Å². The van der Waals surface area contributed by atoms with Crippen molar-refractivity contribution in [1.29, 1.82) is 0 Å². The lowest BCUT2D eigenvalue weighted by Crippen LogP contribution is -2.41. The Kier molecular flexibility index (Phi) is 4.82. The van der Waals surface area contributed by atoms with Crippen molar-refractivity contribution < 1.29 is 4.79 Å². The summed E-state index contributed by atoms with van der Waals surface area (Å²) in [5.41, 5.74) is 6.47. The molecule has 2 rings (SSSR count). The molecule has 0 unspecified atom stereocenters. The Morgan fingerprint density at radius 3 is 2.58 bits per heavy atom. The standard InChI is InChI=1S/C14H18N2OS2/c1-19-12-5-3-2-4-11(12)14(17)16-8-6-10(7-9-16)13(15)18/h2-5,10H,6-9H2,1H3,(H2,15,18). The van der Waals surface area contributed by atoms with Crippen molar-refractivity contribution in [1.82, 2.24) is 4.90 Å². The van der Waals surface area contributed by atoms with Gasteiger partial charge in [-0.05, 0) is 31.2 Å². The van der Waals surface area contributed by atoms with Crippen LogP contribution in [0.25, 0.3) is 0 Å². The molecule has 3 nitrogen and oxygen atoms in total. The summed E-state index contributed by atoms with van der Waals surface area (Å²) < 4.78 is 0. The van der Waals surface area contributed by atoms with Crippen molar-refractivity contribution in [3.63, 3.8) is 0 Å². The number of carbonyl (C=O) groups is 1. The lowest BCUT2D eigenvalue weighted by Gasteiger charge is -2.31. The minimum atomic E-state index is 0.117. The minimum absolute atomic E-state index is 0.117. The van der Waals surface area contributed by atoms with Gasteiger partial charge in [-0.25, -0.2) is 0 Å². The molecule has 1 heterocycles. The molecule has 0 atom stereocenters.